The van der Waals surface area contributed by atoms with Crippen LogP contribution >= 0.6 is 0 Å². The zero-order valence-electron chi connectivity index (χ0n) is 15.1. The van der Waals surface area contributed by atoms with Crippen LogP contribution in [-0.2, 0) is 31.2 Å². The third-order valence-electron chi connectivity index (χ3n) is 4.32. The summed E-state index contributed by atoms with van der Waals surface area (Å²) in [6.07, 6.45) is -0.646. The molecule has 3 rings (SSSR count). The molecule has 138 valence electrons. The van der Waals surface area contributed by atoms with Crippen LogP contribution in [0, 0.1) is 0 Å². The summed E-state index contributed by atoms with van der Waals surface area (Å²) < 4.78 is 22.2. The fourth-order valence-corrected chi connectivity index (χ4v) is 2.83. The van der Waals surface area contributed by atoms with Gasteiger partial charge < -0.3 is 18.9 Å². The number of rotatable bonds is 8. The van der Waals surface area contributed by atoms with Gasteiger partial charge in [0.1, 0.15) is 18.0 Å². The number of benzene rings is 2. The molecule has 1 aliphatic heterocycles. The molecule has 0 spiro atoms. The van der Waals surface area contributed by atoms with E-state index in [2.05, 4.69) is 0 Å². The Morgan fingerprint density at radius 3 is 2.38 bits per heavy atom. The van der Waals surface area contributed by atoms with Gasteiger partial charge in [-0.3, -0.25) is 0 Å². The van der Waals surface area contributed by atoms with Crippen molar-refractivity contribution in [3.8, 4) is 5.75 Å². The first kappa shape index (κ1) is 18.4. The Balaban J connectivity index is 1.63. The van der Waals surface area contributed by atoms with E-state index in [-0.39, 0.29) is 5.97 Å². The first-order valence-corrected chi connectivity index (χ1v) is 8.82. The molecule has 5 heteroatoms. The Kier molecular flexibility index (Phi) is 5.91. The molecule has 2 aromatic rings. The van der Waals surface area contributed by atoms with Crippen LogP contribution in [0.3, 0.4) is 0 Å². The van der Waals surface area contributed by atoms with E-state index in [1.54, 1.807) is 13.8 Å². The third kappa shape index (κ3) is 4.23. The first-order chi connectivity index (χ1) is 12.6. The zero-order chi connectivity index (χ0) is 18.4. The number of hydrogen-bond donors (Lipinski definition) is 0. The molecular formula is C21H24O5. The van der Waals surface area contributed by atoms with Crippen molar-refractivity contribution in [1.82, 2.24) is 0 Å². The molecule has 1 fully saturated rings. The van der Waals surface area contributed by atoms with Crippen LogP contribution in [-0.4, -0.2) is 31.9 Å². The van der Waals surface area contributed by atoms with Crippen molar-refractivity contribution in [3.63, 3.8) is 0 Å². The Morgan fingerprint density at radius 2 is 1.81 bits per heavy atom. The summed E-state index contributed by atoms with van der Waals surface area (Å²) >= 11 is 0. The van der Waals surface area contributed by atoms with Crippen molar-refractivity contribution in [2.45, 2.75) is 32.2 Å². The minimum Gasteiger partial charge on any atom is -0.489 e. The molecule has 0 radical (unpaired) electrons. The number of hydrogen-bond acceptors (Lipinski definition) is 5. The Hall–Kier alpha value is -2.37. The predicted molar refractivity (Wildman–Crippen MR) is 96.9 cm³/mol. The maximum atomic E-state index is 11.9. The number of carbonyl (C=O) groups excluding carboxylic acids is 1. The molecule has 0 bridgehead atoms. The van der Waals surface area contributed by atoms with Crippen molar-refractivity contribution >= 4 is 5.97 Å². The summed E-state index contributed by atoms with van der Waals surface area (Å²) in [5.74, 6) is 0.424. The summed E-state index contributed by atoms with van der Waals surface area (Å²) in [5, 5.41) is 0. The highest BCUT2D eigenvalue weighted by molar-refractivity contribution is 5.74. The largest absolute Gasteiger partial charge is 0.489 e. The van der Waals surface area contributed by atoms with Gasteiger partial charge in [0.05, 0.1) is 19.8 Å². The molecule has 0 aromatic heterocycles. The maximum Gasteiger partial charge on any atom is 0.334 e. The highest BCUT2D eigenvalue weighted by Crippen LogP contribution is 2.36. The van der Waals surface area contributed by atoms with Crippen LogP contribution in [0.5, 0.6) is 5.75 Å². The van der Waals surface area contributed by atoms with E-state index in [0.29, 0.717) is 26.4 Å². The summed E-state index contributed by atoms with van der Waals surface area (Å²) in [4.78, 5) is 11.9. The molecule has 0 saturated carbocycles. The standard InChI is InChI=1S/C21H24O5/c1-3-24-20(22)16(2)26-21(14-23-15-21)18-9-11-19(12-10-18)25-13-17-7-5-4-6-8-17/h4-12,16H,3,13-15H2,1-2H3. The minimum atomic E-state index is -0.646. The summed E-state index contributed by atoms with van der Waals surface area (Å²) in [6.45, 7) is 5.17. The smallest absolute Gasteiger partial charge is 0.334 e. The van der Waals surface area contributed by atoms with Crippen molar-refractivity contribution in [1.29, 1.82) is 0 Å². The average molecular weight is 356 g/mol. The topological polar surface area (TPSA) is 54.0 Å². The van der Waals surface area contributed by atoms with Gasteiger partial charge in [0.15, 0.2) is 6.10 Å². The normalized spacial score (nSPS) is 16.4. The van der Waals surface area contributed by atoms with Crippen LogP contribution in [0.2, 0.25) is 0 Å². The van der Waals surface area contributed by atoms with Gasteiger partial charge >= 0.3 is 5.97 Å². The SMILES string of the molecule is CCOC(=O)C(C)OC1(c2ccc(OCc3ccccc3)cc2)COC1. The fourth-order valence-electron chi connectivity index (χ4n) is 2.83. The van der Waals surface area contributed by atoms with Gasteiger partial charge in [-0.05, 0) is 37.1 Å². The van der Waals surface area contributed by atoms with E-state index in [1.165, 1.54) is 0 Å². The predicted octanol–water partition coefficient (Wildman–Crippen LogP) is 3.46. The van der Waals surface area contributed by atoms with Crippen LogP contribution in [0.4, 0.5) is 0 Å². The van der Waals surface area contributed by atoms with E-state index >= 15 is 0 Å². The van der Waals surface area contributed by atoms with E-state index in [4.69, 9.17) is 18.9 Å². The summed E-state index contributed by atoms with van der Waals surface area (Å²) in [6, 6.07) is 17.8. The zero-order valence-corrected chi connectivity index (χ0v) is 15.1. The third-order valence-corrected chi connectivity index (χ3v) is 4.32. The molecule has 0 N–H and O–H groups in total. The molecule has 1 heterocycles. The monoisotopic (exact) mass is 356 g/mol. The van der Waals surface area contributed by atoms with E-state index in [0.717, 1.165) is 16.9 Å². The Morgan fingerprint density at radius 1 is 1.12 bits per heavy atom. The van der Waals surface area contributed by atoms with Crippen LogP contribution in [0.15, 0.2) is 54.6 Å². The Bertz CT molecular complexity index is 707. The van der Waals surface area contributed by atoms with Gasteiger partial charge in [-0.1, -0.05) is 42.5 Å². The maximum absolute atomic E-state index is 11.9. The molecule has 5 nitrogen and oxygen atoms in total. The summed E-state index contributed by atoms with van der Waals surface area (Å²) in [5.41, 5.74) is 1.48. The molecule has 1 atom stereocenters. The van der Waals surface area contributed by atoms with Crippen molar-refractivity contribution in [2.24, 2.45) is 0 Å². The van der Waals surface area contributed by atoms with E-state index in [9.17, 15) is 4.79 Å². The van der Waals surface area contributed by atoms with Gasteiger partial charge in [-0.15, -0.1) is 0 Å². The van der Waals surface area contributed by atoms with E-state index in [1.807, 2.05) is 54.6 Å². The minimum absolute atomic E-state index is 0.337. The fraction of sp³-hybridized carbons (Fsp3) is 0.381. The number of ether oxygens (including phenoxy) is 4. The quantitative estimate of drug-likeness (QED) is 0.678. The highest BCUT2D eigenvalue weighted by atomic mass is 16.6. The highest BCUT2D eigenvalue weighted by Gasteiger charge is 2.44. The number of carbonyl (C=O) groups is 1. The van der Waals surface area contributed by atoms with Crippen molar-refractivity contribution in [3.05, 3.63) is 65.7 Å². The van der Waals surface area contributed by atoms with Crippen molar-refractivity contribution in [2.75, 3.05) is 19.8 Å². The van der Waals surface area contributed by atoms with Crippen LogP contribution < -0.4 is 4.74 Å². The molecule has 0 amide bonds. The number of esters is 1. The molecule has 1 saturated heterocycles. The molecule has 26 heavy (non-hydrogen) atoms. The lowest BCUT2D eigenvalue weighted by molar-refractivity contribution is -0.239. The van der Waals surface area contributed by atoms with Crippen LogP contribution in [0.1, 0.15) is 25.0 Å². The molecule has 1 aliphatic rings. The average Bonchev–Trinajstić information content (AvgIpc) is 2.64. The Labute approximate surface area is 153 Å². The van der Waals surface area contributed by atoms with Gasteiger partial charge in [0.2, 0.25) is 0 Å². The summed E-state index contributed by atoms with van der Waals surface area (Å²) in [7, 11) is 0. The molecule has 2 aromatic carbocycles. The van der Waals surface area contributed by atoms with Gasteiger partial charge in [0, 0.05) is 0 Å². The molecule has 1 unspecified atom stereocenters. The van der Waals surface area contributed by atoms with Gasteiger partial charge in [-0.2, -0.15) is 0 Å². The van der Waals surface area contributed by atoms with Crippen molar-refractivity contribution < 1.29 is 23.7 Å². The molecule has 0 aliphatic carbocycles. The second-order valence-electron chi connectivity index (χ2n) is 6.30. The van der Waals surface area contributed by atoms with Crippen LogP contribution in [0.25, 0.3) is 0 Å². The van der Waals surface area contributed by atoms with Gasteiger partial charge in [-0.25, -0.2) is 4.79 Å². The van der Waals surface area contributed by atoms with Gasteiger partial charge in [0.25, 0.3) is 0 Å². The lowest BCUT2D eigenvalue weighted by atomic mass is 9.91. The lowest BCUT2D eigenvalue weighted by Crippen LogP contribution is -2.51. The van der Waals surface area contributed by atoms with E-state index < -0.39 is 11.7 Å². The molecular weight excluding hydrogens is 332 g/mol. The second kappa shape index (κ2) is 8.34. The second-order valence-corrected chi connectivity index (χ2v) is 6.30. The first-order valence-electron chi connectivity index (χ1n) is 8.82. The lowest BCUT2D eigenvalue weighted by Gasteiger charge is -2.42.